The Morgan fingerprint density at radius 3 is 3.19 bits per heavy atom. The van der Waals surface area contributed by atoms with Crippen LogP contribution in [0.5, 0.6) is 0 Å². The van der Waals surface area contributed by atoms with Crippen molar-refractivity contribution in [3.63, 3.8) is 0 Å². The quantitative estimate of drug-likeness (QED) is 0.827. The standard InChI is InChI=1S/C12H21N3S/c1-9-8-15-12(16-9)10(2)13-7-5-11-4-3-6-14-11/h8,10-11,13-14H,3-7H2,1-2H3. The second-order valence-electron chi connectivity index (χ2n) is 4.57. The molecule has 0 aromatic carbocycles. The number of rotatable bonds is 5. The van der Waals surface area contributed by atoms with Crippen LogP contribution in [-0.4, -0.2) is 24.1 Å². The maximum absolute atomic E-state index is 4.41. The Bertz CT molecular complexity index is 318. The molecule has 1 aliphatic heterocycles. The van der Waals surface area contributed by atoms with Crippen molar-refractivity contribution in [3.8, 4) is 0 Å². The Kier molecular flexibility index (Phi) is 4.32. The Morgan fingerprint density at radius 2 is 2.56 bits per heavy atom. The molecule has 2 rings (SSSR count). The van der Waals surface area contributed by atoms with E-state index >= 15 is 0 Å². The van der Waals surface area contributed by atoms with Crippen molar-refractivity contribution in [2.45, 2.75) is 45.2 Å². The van der Waals surface area contributed by atoms with Crippen LogP contribution in [0, 0.1) is 6.92 Å². The van der Waals surface area contributed by atoms with E-state index in [4.69, 9.17) is 0 Å². The van der Waals surface area contributed by atoms with Gasteiger partial charge in [-0.05, 0) is 46.2 Å². The molecule has 1 aromatic rings. The van der Waals surface area contributed by atoms with Gasteiger partial charge in [-0.2, -0.15) is 0 Å². The third-order valence-corrected chi connectivity index (χ3v) is 4.21. The Labute approximate surface area is 102 Å². The first-order chi connectivity index (χ1) is 7.75. The number of thiazole rings is 1. The van der Waals surface area contributed by atoms with Crippen LogP contribution < -0.4 is 10.6 Å². The molecule has 4 heteroatoms. The molecule has 1 aliphatic rings. The summed E-state index contributed by atoms with van der Waals surface area (Å²) in [6, 6.07) is 1.12. The van der Waals surface area contributed by atoms with Gasteiger partial charge < -0.3 is 10.6 Å². The summed E-state index contributed by atoms with van der Waals surface area (Å²) >= 11 is 1.79. The highest BCUT2D eigenvalue weighted by Crippen LogP contribution is 2.19. The van der Waals surface area contributed by atoms with Crippen molar-refractivity contribution >= 4 is 11.3 Å². The first kappa shape index (κ1) is 12.0. The lowest BCUT2D eigenvalue weighted by Gasteiger charge is -2.14. The monoisotopic (exact) mass is 239 g/mol. The summed E-state index contributed by atoms with van der Waals surface area (Å²) in [6.07, 6.45) is 5.86. The van der Waals surface area contributed by atoms with Crippen LogP contribution in [0.4, 0.5) is 0 Å². The molecule has 0 aliphatic carbocycles. The topological polar surface area (TPSA) is 37.0 Å². The minimum Gasteiger partial charge on any atom is -0.314 e. The van der Waals surface area contributed by atoms with Gasteiger partial charge >= 0.3 is 0 Å². The summed E-state index contributed by atoms with van der Waals surface area (Å²) in [5.41, 5.74) is 0. The average molecular weight is 239 g/mol. The van der Waals surface area contributed by atoms with E-state index in [1.807, 2.05) is 6.20 Å². The zero-order valence-corrected chi connectivity index (χ0v) is 10.9. The largest absolute Gasteiger partial charge is 0.314 e. The van der Waals surface area contributed by atoms with Crippen molar-refractivity contribution in [3.05, 3.63) is 16.1 Å². The van der Waals surface area contributed by atoms with Crippen molar-refractivity contribution in [1.29, 1.82) is 0 Å². The molecule has 2 atom stereocenters. The molecule has 1 fully saturated rings. The molecule has 3 nitrogen and oxygen atoms in total. The number of nitrogens with zero attached hydrogens (tertiary/aromatic N) is 1. The third kappa shape index (κ3) is 3.27. The average Bonchev–Trinajstić information content (AvgIpc) is 2.89. The normalized spacial score (nSPS) is 22.5. The highest BCUT2D eigenvalue weighted by Gasteiger charge is 2.14. The molecule has 0 radical (unpaired) electrons. The van der Waals surface area contributed by atoms with Gasteiger partial charge in [0.25, 0.3) is 0 Å². The van der Waals surface area contributed by atoms with E-state index in [0.29, 0.717) is 6.04 Å². The molecule has 0 amide bonds. The van der Waals surface area contributed by atoms with Gasteiger partial charge in [0.1, 0.15) is 5.01 Å². The van der Waals surface area contributed by atoms with E-state index in [0.717, 1.165) is 12.6 Å². The molecule has 2 heterocycles. The Morgan fingerprint density at radius 1 is 1.69 bits per heavy atom. The molecule has 2 unspecified atom stereocenters. The van der Waals surface area contributed by atoms with E-state index in [1.165, 1.54) is 35.7 Å². The highest BCUT2D eigenvalue weighted by atomic mass is 32.1. The number of aromatic nitrogens is 1. The Balaban J connectivity index is 1.69. The van der Waals surface area contributed by atoms with Crippen molar-refractivity contribution in [2.75, 3.05) is 13.1 Å². The lowest BCUT2D eigenvalue weighted by atomic mass is 10.1. The van der Waals surface area contributed by atoms with Crippen LogP contribution in [0.1, 0.15) is 42.1 Å². The van der Waals surface area contributed by atoms with Crippen LogP contribution >= 0.6 is 11.3 Å². The first-order valence-corrected chi connectivity index (χ1v) is 6.96. The fourth-order valence-electron chi connectivity index (χ4n) is 2.14. The van der Waals surface area contributed by atoms with Gasteiger partial charge in [-0.25, -0.2) is 4.98 Å². The van der Waals surface area contributed by atoms with Crippen molar-refractivity contribution < 1.29 is 0 Å². The number of aryl methyl sites for hydroxylation is 1. The fourth-order valence-corrected chi connectivity index (χ4v) is 2.94. The molecule has 0 saturated carbocycles. The minimum absolute atomic E-state index is 0.389. The van der Waals surface area contributed by atoms with E-state index in [9.17, 15) is 0 Å². The zero-order chi connectivity index (χ0) is 11.4. The van der Waals surface area contributed by atoms with Crippen LogP contribution in [0.25, 0.3) is 0 Å². The lowest BCUT2D eigenvalue weighted by Crippen LogP contribution is -2.28. The molecule has 1 aromatic heterocycles. The summed E-state index contributed by atoms with van der Waals surface area (Å²) in [6.45, 7) is 6.58. The molecule has 0 spiro atoms. The lowest BCUT2D eigenvalue weighted by molar-refractivity contribution is 0.490. The van der Waals surface area contributed by atoms with Gasteiger partial charge in [0.2, 0.25) is 0 Å². The summed E-state index contributed by atoms with van der Waals surface area (Å²) in [7, 11) is 0. The van der Waals surface area contributed by atoms with Gasteiger partial charge in [-0.1, -0.05) is 0 Å². The number of hydrogen-bond donors (Lipinski definition) is 2. The molecule has 16 heavy (non-hydrogen) atoms. The van der Waals surface area contributed by atoms with E-state index < -0.39 is 0 Å². The fraction of sp³-hybridized carbons (Fsp3) is 0.750. The van der Waals surface area contributed by atoms with Gasteiger partial charge in [0.05, 0.1) is 6.04 Å². The second kappa shape index (κ2) is 5.75. The number of hydrogen-bond acceptors (Lipinski definition) is 4. The summed E-state index contributed by atoms with van der Waals surface area (Å²) in [5.74, 6) is 0. The third-order valence-electron chi connectivity index (χ3n) is 3.12. The first-order valence-electron chi connectivity index (χ1n) is 6.15. The smallest absolute Gasteiger partial charge is 0.109 e. The van der Waals surface area contributed by atoms with Crippen molar-refractivity contribution in [2.24, 2.45) is 0 Å². The molecule has 1 saturated heterocycles. The minimum atomic E-state index is 0.389. The Hall–Kier alpha value is -0.450. The molecular formula is C12H21N3S. The second-order valence-corrected chi connectivity index (χ2v) is 5.83. The van der Waals surface area contributed by atoms with Crippen LogP contribution in [0.3, 0.4) is 0 Å². The van der Waals surface area contributed by atoms with Crippen molar-refractivity contribution in [1.82, 2.24) is 15.6 Å². The predicted molar refractivity (Wildman–Crippen MR) is 68.9 cm³/mol. The molecular weight excluding hydrogens is 218 g/mol. The van der Waals surface area contributed by atoms with Gasteiger partial charge in [0, 0.05) is 17.1 Å². The SMILES string of the molecule is Cc1cnc(C(C)NCCC2CCCN2)s1. The van der Waals surface area contributed by atoms with E-state index in [2.05, 4.69) is 29.5 Å². The maximum Gasteiger partial charge on any atom is 0.109 e. The van der Waals surface area contributed by atoms with Gasteiger partial charge in [-0.15, -0.1) is 11.3 Å². The molecule has 90 valence electrons. The predicted octanol–water partition coefficient (Wildman–Crippen LogP) is 2.24. The zero-order valence-electron chi connectivity index (χ0n) is 10.1. The molecule has 0 bridgehead atoms. The van der Waals surface area contributed by atoms with Crippen LogP contribution in [0.2, 0.25) is 0 Å². The summed E-state index contributed by atoms with van der Waals surface area (Å²) < 4.78 is 0. The van der Waals surface area contributed by atoms with E-state index in [-0.39, 0.29) is 0 Å². The van der Waals surface area contributed by atoms with Crippen LogP contribution in [-0.2, 0) is 0 Å². The van der Waals surface area contributed by atoms with Gasteiger partial charge in [0.15, 0.2) is 0 Å². The van der Waals surface area contributed by atoms with Gasteiger partial charge in [-0.3, -0.25) is 0 Å². The number of nitrogens with one attached hydrogen (secondary N) is 2. The summed E-state index contributed by atoms with van der Waals surface area (Å²) in [4.78, 5) is 5.70. The highest BCUT2D eigenvalue weighted by molar-refractivity contribution is 7.11. The summed E-state index contributed by atoms with van der Waals surface area (Å²) in [5, 5.41) is 8.27. The van der Waals surface area contributed by atoms with Crippen LogP contribution in [0.15, 0.2) is 6.20 Å². The van der Waals surface area contributed by atoms with E-state index in [1.54, 1.807) is 11.3 Å². The maximum atomic E-state index is 4.41. The molecule has 2 N–H and O–H groups in total.